The fourth-order valence-corrected chi connectivity index (χ4v) is 7.37. The Hall–Kier alpha value is -5.72. The van der Waals surface area contributed by atoms with Crippen LogP contribution in [0.25, 0.3) is 27.5 Å². The zero-order chi connectivity index (χ0) is 34.0. The molecule has 2 heterocycles. The number of oxazole rings is 1. The third-order valence-corrected chi connectivity index (χ3v) is 10.4. The minimum Gasteiger partial charge on any atom is -0.464 e. The summed E-state index contributed by atoms with van der Waals surface area (Å²) in [6.45, 7) is 8.99. The molecule has 0 spiro atoms. The Kier molecular flexibility index (Phi) is 8.61. The minimum atomic E-state index is -0.237. The first kappa shape index (κ1) is 31.5. The summed E-state index contributed by atoms with van der Waals surface area (Å²) in [7, 11) is 0. The van der Waals surface area contributed by atoms with Crippen LogP contribution < -0.4 is 15.0 Å². The van der Waals surface area contributed by atoms with Gasteiger partial charge < -0.3 is 19.4 Å². The number of nitrogens with zero attached hydrogens (tertiary/aromatic N) is 2. The van der Waals surface area contributed by atoms with E-state index in [9.17, 15) is 0 Å². The Morgan fingerprint density at radius 2 is 1.42 bits per heavy atom. The van der Waals surface area contributed by atoms with E-state index >= 15 is 0 Å². The second-order valence-electron chi connectivity index (χ2n) is 12.5. The smallest absolute Gasteiger partial charge is 0.227 e. The Morgan fingerprint density at radius 1 is 0.780 bits per heavy atom. The summed E-state index contributed by atoms with van der Waals surface area (Å²) in [5, 5.41) is 3.48. The normalized spacial score (nSPS) is 14.1. The number of fused-ring (bicyclic) bond motifs is 2. The molecule has 5 nitrogen and oxygen atoms in total. The van der Waals surface area contributed by atoms with Crippen molar-refractivity contribution in [3.8, 4) is 17.2 Å². The van der Waals surface area contributed by atoms with Gasteiger partial charge in [-0.3, -0.25) is 0 Å². The number of benzene rings is 6. The zero-order valence-corrected chi connectivity index (χ0v) is 28.9. The van der Waals surface area contributed by atoms with Gasteiger partial charge in [0.2, 0.25) is 5.89 Å². The van der Waals surface area contributed by atoms with Gasteiger partial charge in [0.15, 0.2) is 11.8 Å². The van der Waals surface area contributed by atoms with E-state index < -0.39 is 0 Å². The van der Waals surface area contributed by atoms with Crippen molar-refractivity contribution in [3.63, 3.8) is 0 Å². The van der Waals surface area contributed by atoms with Crippen LogP contribution in [0.2, 0.25) is 0 Å². The van der Waals surface area contributed by atoms with E-state index in [4.69, 9.17) is 14.1 Å². The van der Waals surface area contributed by atoms with Crippen molar-refractivity contribution in [2.45, 2.75) is 37.3 Å². The molecular weight excluding hydrogens is 635 g/mol. The molecule has 0 bridgehead atoms. The first-order chi connectivity index (χ1) is 24.5. The van der Waals surface area contributed by atoms with Gasteiger partial charge in [0, 0.05) is 38.0 Å². The highest BCUT2D eigenvalue weighted by Gasteiger charge is 2.23. The lowest BCUT2D eigenvalue weighted by Crippen LogP contribution is -2.12. The first-order valence-electron chi connectivity index (χ1n) is 17.0. The van der Waals surface area contributed by atoms with E-state index in [2.05, 4.69) is 128 Å². The van der Waals surface area contributed by atoms with Gasteiger partial charge in [-0.25, -0.2) is 4.98 Å². The highest BCUT2D eigenvalue weighted by atomic mass is 32.2. The third kappa shape index (κ3) is 6.26. The fourth-order valence-electron chi connectivity index (χ4n) is 6.32. The number of rotatable bonds is 10. The molecule has 0 amide bonds. The molecule has 6 heteroatoms. The lowest BCUT2D eigenvalue weighted by molar-refractivity contribution is 0.260. The van der Waals surface area contributed by atoms with Gasteiger partial charge in [-0.15, -0.1) is 0 Å². The van der Waals surface area contributed by atoms with Gasteiger partial charge in [-0.2, -0.15) is 0 Å². The van der Waals surface area contributed by atoms with Crippen LogP contribution in [-0.2, 0) is 0 Å². The minimum absolute atomic E-state index is 0.237. The van der Waals surface area contributed by atoms with Crippen molar-refractivity contribution in [3.05, 3.63) is 169 Å². The summed E-state index contributed by atoms with van der Waals surface area (Å²) < 4.78 is 12.3. The molecule has 0 saturated heterocycles. The summed E-state index contributed by atoms with van der Waals surface area (Å²) in [5.74, 6) is 1.97. The molecule has 50 heavy (non-hydrogen) atoms. The Balaban J connectivity index is 1.09. The third-order valence-electron chi connectivity index (χ3n) is 9.28. The van der Waals surface area contributed by atoms with Crippen LogP contribution in [0.4, 0.5) is 22.7 Å². The second kappa shape index (κ2) is 13.7. The van der Waals surface area contributed by atoms with Gasteiger partial charge in [0.05, 0.1) is 5.69 Å². The standard InChI is InChI=1S/C44H37N3O2S/c1-4-29(2)37-11-5-10-16-42(37)50-30(3)31-17-23-34(24-18-31)47(35-25-19-32(20-26-35)43-45-38-12-6-8-14-40(38)48-43)36-27-21-33(22-28-36)44-46-39-13-7-9-15-41(39)49-44/h5-29,43,45H,3-4H2,1-2H3/t29-,43?/m1/s1. The van der Waals surface area contributed by atoms with E-state index in [1.54, 1.807) is 11.8 Å². The Labute approximate surface area is 297 Å². The summed E-state index contributed by atoms with van der Waals surface area (Å²) in [6, 6.07) is 50.1. The molecule has 8 rings (SSSR count). The fraction of sp³-hybridized carbons (Fsp3) is 0.114. The van der Waals surface area contributed by atoms with Crippen LogP contribution >= 0.6 is 11.8 Å². The average Bonchev–Trinajstić information content (AvgIpc) is 3.81. The molecule has 1 aliphatic heterocycles. The van der Waals surface area contributed by atoms with E-state index in [1.807, 2.05) is 48.5 Å². The highest BCUT2D eigenvalue weighted by Crippen LogP contribution is 2.42. The largest absolute Gasteiger partial charge is 0.464 e. The van der Waals surface area contributed by atoms with Crippen molar-refractivity contribution >= 4 is 50.5 Å². The number of nitrogens with one attached hydrogen (secondary N) is 1. The number of ether oxygens (including phenoxy) is 1. The molecule has 7 aromatic rings. The van der Waals surface area contributed by atoms with Gasteiger partial charge in [0.1, 0.15) is 11.3 Å². The average molecular weight is 672 g/mol. The summed E-state index contributed by atoms with van der Waals surface area (Å²) in [4.78, 5) is 9.25. The van der Waals surface area contributed by atoms with Crippen molar-refractivity contribution in [1.82, 2.24) is 4.98 Å². The maximum absolute atomic E-state index is 6.19. The molecule has 246 valence electrons. The zero-order valence-electron chi connectivity index (χ0n) is 28.0. The van der Waals surface area contributed by atoms with Gasteiger partial charge in [-0.1, -0.05) is 98.9 Å². The van der Waals surface area contributed by atoms with Gasteiger partial charge in [0.25, 0.3) is 0 Å². The van der Waals surface area contributed by atoms with Crippen LogP contribution in [-0.4, -0.2) is 4.98 Å². The van der Waals surface area contributed by atoms with E-state index in [1.165, 1.54) is 10.5 Å². The molecule has 0 aliphatic carbocycles. The number of hydrogen-bond acceptors (Lipinski definition) is 6. The Bertz CT molecular complexity index is 2220. The SMILES string of the molecule is C=C(Sc1ccccc1[C@H](C)CC)c1ccc(N(c2ccc(-c3nc4ccccc4o3)cc2)c2ccc(C3Nc4ccccc4O3)cc2)cc1. The van der Waals surface area contributed by atoms with E-state index in [-0.39, 0.29) is 6.23 Å². The molecule has 1 aliphatic rings. The van der Waals surface area contributed by atoms with Crippen molar-refractivity contribution < 1.29 is 9.15 Å². The Morgan fingerprint density at radius 3 is 2.14 bits per heavy atom. The highest BCUT2D eigenvalue weighted by molar-refractivity contribution is 8.08. The van der Waals surface area contributed by atoms with Crippen LogP contribution in [0.3, 0.4) is 0 Å². The van der Waals surface area contributed by atoms with Crippen molar-refractivity contribution in [1.29, 1.82) is 0 Å². The van der Waals surface area contributed by atoms with Crippen LogP contribution in [0.5, 0.6) is 5.75 Å². The maximum atomic E-state index is 6.19. The van der Waals surface area contributed by atoms with Gasteiger partial charge >= 0.3 is 0 Å². The number of thioether (sulfide) groups is 1. The first-order valence-corrected chi connectivity index (χ1v) is 17.8. The van der Waals surface area contributed by atoms with E-state index in [0.717, 1.165) is 67.6 Å². The molecular formula is C44H37N3O2S. The van der Waals surface area contributed by atoms with Crippen molar-refractivity contribution in [2.75, 3.05) is 10.2 Å². The summed E-state index contributed by atoms with van der Waals surface area (Å²) in [6.07, 6.45) is 0.863. The molecule has 0 saturated carbocycles. The molecule has 1 N–H and O–H groups in total. The van der Waals surface area contributed by atoms with Crippen LogP contribution in [0, 0.1) is 0 Å². The summed E-state index contributed by atoms with van der Waals surface area (Å²) in [5.41, 5.74) is 10.2. The predicted molar refractivity (Wildman–Crippen MR) is 208 cm³/mol. The second-order valence-corrected chi connectivity index (χ2v) is 13.7. The quantitative estimate of drug-likeness (QED) is 0.146. The maximum Gasteiger partial charge on any atom is 0.227 e. The number of hydrogen-bond donors (Lipinski definition) is 1. The van der Waals surface area contributed by atoms with E-state index in [0.29, 0.717) is 11.8 Å². The number of anilines is 4. The molecule has 1 aromatic heterocycles. The molecule has 2 atom stereocenters. The lowest BCUT2D eigenvalue weighted by Gasteiger charge is -2.26. The molecule has 0 fully saturated rings. The lowest BCUT2D eigenvalue weighted by atomic mass is 9.99. The number of para-hydroxylation sites is 4. The molecule has 1 unspecified atom stereocenters. The molecule has 0 radical (unpaired) electrons. The monoisotopic (exact) mass is 671 g/mol. The van der Waals surface area contributed by atoms with Gasteiger partial charge in [-0.05, 0) is 102 Å². The van der Waals surface area contributed by atoms with Crippen molar-refractivity contribution in [2.24, 2.45) is 0 Å². The van der Waals surface area contributed by atoms with Crippen LogP contribution in [0.1, 0.15) is 49.1 Å². The summed E-state index contributed by atoms with van der Waals surface area (Å²) >= 11 is 1.74. The molecule has 6 aromatic carbocycles. The predicted octanol–water partition coefficient (Wildman–Crippen LogP) is 12.7. The topological polar surface area (TPSA) is 50.5 Å². The number of aromatic nitrogens is 1. The van der Waals surface area contributed by atoms with Crippen LogP contribution in [0.15, 0.2) is 161 Å².